The van der Waals surface area contributed by atoms with E-state index in [0.29, 0.717) is 9.46 Å². The highest BCUT2D eigenvalue weighted by molar-refractivity contribution is 9.10. The van der Waals surface area contributed by atoms with Crippen LogP contribution in [0.3, 0.4) is 0 Å². The maximum atomic E-state index is 13.9. The minimum atomic E-state index is -0.517. The van der Waals surface area contributed by atoms with Crippen molar-refractivity contribution < 1.29 is 8.78 Å². The molecule has 0 bridgehead atoms. The molecule has 1 saturated heterocycles. The number of benzene rings is 1. The maximum Gasteiger partial charge on any atom is 0.144 e. The fourth-order valence-corrected chi connectivity index (χ4v) is 2.92. The molecule has 104 valence electrons. The molecule has 1 fully saturated rings. The van der Waals surface area contributed by atoms with Gasteiger partial charge in [-0.1, -0.05) is 12.2 Å². The van der Waals surface area contributed by atoms with E-state index in [1.54, 1.807) is 0 Å². The molecule has 0 atom stereocenters. The van der Waals surface area contributed by atoms with Crippen LogP contribution in [-0.2, 0) is 6.54 Å². The normalized spacial score (nSPS) is 17.6. The Labute approximate surface area is 125 Å². The Balaban J connectivity index is 2.04. The number of halogens is 3. The predicted molar refractivity (Wildman–Crippen MR) is 78.8 cm³/mol. The van der Waals surface area contributed by atoms with Gasteiger partial charge in [-0.05, 0) is 54.0 Å². The van der Waals surface area contributed by atoms with Crippen LogP contribution in [0.5, 0.6) is 0 Å². The van der Waals surface area contributed by atoms with Crippen molar-refractivity contribution in [2.45, 2.75) is 19.4 Å². The van der Waals surface area contributed by atoms with Gasteiger partial charge in [0, 0.05) is 18.0 Å². The lowest BCUT2D eigenvalue weighted by Crippen LogP contribution is -2.37. The SMILES string of the molecule is NC(=S)C1CCN(Cc2c(F)ccc(Br)c2F)CC1. The number of piperidine rings is 1. The van der Waals surface area contributed by atoms with E-state index in [2.05, 4.69) is 15.9 Å². The van der Waals surface area contributed by atoms with Crippen molar-refractivity contribution in [3.63, 3.8) is 0 Å². The monoisotopic (exact) mass is 348 g/mol. The highest BCUT2D eigenvalue weighted by atomic mass is 79.9. The molecule has 6 heteroatoms. The molecule has 0 aromatic heterocycles. The summed E-state index contributed by atoms with van der Waals surface area (Å²) in [7, 11) is 0. The van der Waals surface area contributed by atoms with Gasteiger partial charge in [0.15, 0.2) is 0 Å². The molecule has 0 saturated carbocycles. The number of likely N-dealkylation sites (tertiary alicyclic amines) is 1. The molecular formula is C13H15BrF2N2S. The van der Waals surface area contributed by atoms with Crippen LogP contribution >= 0.6 is 28.1 Å². The molecule has 0 unspecified atom stereocenters. The van der Waals surface area contributed by atoms with Crippen LogP contribution in [0.2, 0.25) is 0 Å². The first-order valence-electron chi connectivity index (χ1n) is 6.13. The number of hydrogen-bond acceptors (Lipinski definition) is 2. The molecule has 1 heterocycles. The van der Waals surface area contributed by atoms with E-state index in [1.807, 2.05) is 4.90 Å². The van der Waals surface area contributed by atoms with Gasteiger partial charge in [0.05, 0.1) is 9.46 Å². The summed E-state index contributed by atoms with van der Waals surface area (Å²) >= 11 is 8.06. The minimum Gasteiger partial charge on any atom is -0.393 e. The first-order chi connectivity index (χ1) is 8.99. The van der Waals surface area contributed by atoms with Crippen LogP contribution in [0.25, 0.3) is 0 Å². The van der Waals surface area contributed by atoms with Crippen LogP contribution in [0.15, 0.2) is 16.6 Å². The summed E-state index contributed by atoms with van der Waals surface area (Å²) in [6, 6.07) is 2.66. The Morgan fingerprint density at radius 2 is 2.00 bits per heavy atom. The molecule has 0 amide bonds. The molecule has 1 aliphatic heterocycles. The number of thiocarbonyl (C=S) groups is 1. The Morgan fingerprint density at radius 1 is 1.37 bits per heavy atom. The van der Waals surface area contributed by atoms with Crippen LogP contribution in [0, 0.1) is 17.6 Å². The molecular weight excluding hydrogens is 334 g/mol. The Bertz CT molecular complexity index is 488. The van der Waals surface area contributed by atoms with Crippen molar-refractivity contribution >= 4 is 33.1 Å². The zero-order chi connectivity index (χ0) is 14.0. The van der Waals surface area contributed by atoms with Gasteiger partial charge >= 0.3 is 0 Å². The Hall–Kier alpha value is -0.590. The van der Waals surface area contributed by atoms with Gasteiger partial charge in [0.2, 0.25) is 0 Å². The number of hydrogen-bond donors (Lipinski definition) is 1. The third kappa shape index (κ3) is 3.49. The van der Waals surface area contributed by atoms with Gasteiger partial charge in [0.25, 0.3) is 0 Å². The summed E-state index contributed by atoms with van der Waals surface area (Å²) in [4.78, 5) is 2.57. The molecule has 2 rings (SSSR count). The largest absolute Gasteiger partial charge is 0.393 e. The zero-order valence-electron chi connectivity index (χ0n) is 10.3. The van der Waals surface area contributed by atoms with E-state index in [4.69, 9.17) is 18.0 Å². The second-order valence-corrected chi connectivity index (χ2v) is 6.10. The summed E-state index contributed by atoms with van der Waals surface area (Å²) in [5, 5.41) is 0. The molecule has 1 aromatic carbocycles. The summed E-state index contributed by atoms with van der Waals surface area (Å²) < 4.78 is 27.8. The molecule has 19 heavy (non-hydrogen) atoms. The van der Waals surface area contributed by atoms with Crippen molar-refractivity contribution in [3.8, 4) is 0 Å². The topological polar surface area (TPSA) is 29.3 Å². The molecule has 2 N–H and O–H groups in total. The second-order valence-electron chi connectivity index (χ2n) is 4.77. The first kappa shape index (κ1) is 14.8. The summed E-state index contributed by atoms with van der Waals surface area (Å²) in [6.45, 7) is 1.79. The zero-order valence-corrected chi connectivity index (χ0v) is 12.7. The van der Waals surface area contributed by atoms with Crippen LogP contribution < -0.4 is 5.73 Å². The number of rotatable bonds is 3. The van der Waals surface area contributed by atoms with Crippen LogP contribution in [-0.4, -0.2) is 23.0 Å². The Kier molecular flexibility index (Phi) is 4.86. The van der Waals surface area contributed by atoms with Gasteiger partial charge in [-0.2, -0.15) is 0 Å². The molecule has 1 aliphatic rings. The highest BCUT2D eigenvalue weighted by Gasteiger charge is 2.23. The Morgan fingerprint density at radius 3 is 2.58 bits per heavy atom. The van der Waals surface area contributed by atoms with Gasteiger partial charge in [-0.3, -0.25) is 4.90 Å². The van der Waals surface area contributed by atoms with Crippen molar-refractivity contribution in [1.29, 1.82) is 0 Å². The van der Waals surface area contributed by atoms with Crippen molar-refractivity contribution in [2.75, 3.05) is 13.1 Å². The van der Waals surface area contributed by atoms with E-state index in [-0.39, 0.29) is 18.0 Å². The fourth-order valence-electron chi connectivity index (χ4n) is 2.31. The molecule has 1 aromatic rings. The maximum absolute atomic E-state index is 13.9. The fraction of sp³-hybridized carbons (Fsp3) is 0.462. The van der Waals surface area contributed by atoms with Crippen molar-refractivity contribution in [3.05, 3.63) is 33.8 Å². The summed E-state index contributed by atoms with van der Waals surface area (Å²) in [5.74, 6) is -0.767. The van der Waals surface area contributed by atoms with E-state index in [0.717, 1.165) is 25.9 Å². The lowest BCUT2D eigenvalue weighted by molar-refractivity contribution is 0.197. The molecule has 0 radical (unpaired) electrons. The molecule has 0 spiro atoms. The first-order valence-corrected chi connectivity index (χ1v) is 7.33. The van der Waals surface area contributed by atoms with E-state index in [9.17, 15) is 8.78 Å². The number of nitrogens with zero attached hydrogens (tertiary/aromatic N) is 1. The average Bonchev–Trinajstić information content (AvgIpc) is 2.40. The van der Waals surface area contributed by atoms with Gasteiger partial charge < -0.3 is 5.73 Å². The van der Waals surface area contributed by atoms with Gasteiger partial charge in [0.1, 0.15) is 11.6 Å². The number of nitrogens with two attached hydrogens (primary N) is 1. The third-order valence-electron chi connectivity index (χ3n) is 3.51. The molecule has 2 nitrogen and oxygen atoms in total. The van der Waals surface area contributed by atoms with Crippen LogP contribution in [0.4, 0.5) is 8.78 Å². The minimum absolute atomic E-state index is 0.114. The second kappa shape index (κ2) is 6.24. The van der Waals surface area contributed by atoms with E-state index >= 15 is 0 Å². The van der Waals surface area contributed by atoms with E-state index in [1.165, 1.54) is 12.1 Å². The van der Waals surface area contributed by atoms with Gasteiger partial charge in [-0.15, -0.1) is 0 Å². The van der Waals surface area contributed by atoms with Crippen LogP contribution in [0.1, 0.15) is 18.4 Å². The molecule has 0 aliphatic carbocycles. The average molecular weight is 349 g/mol. The summed E-state index contributed by atoms with van der Waals surface area (Å²) in [5.41, 5.74) is 5.73. The third-order valence-corrected chi connectivity index (χ3v) is 4.46. The van der Waals surface area contributed by atoms with Crippen molar-refractivity contribution in [1.82, 2.24) is 4.90 Å². The highest BCUT2D eigenvalue weighted by Crippen LogP contribution is 2.25. The van der Waals surface area contributed by atoms with E-state index < -0.39 is 11.6 Å². The standard InChI is InChI=1S/C13H15BrF2N2S/c14-10-1-2-11(15)9(12(10)16)7-18-5-3-8(4-6-18)13(17)19/h1-2,8H,3-7H2,(H2,17,19). The predicted octanol–water partition coefficient (Wildman–Crippen LogP) is 3.23. The lowest BCUT2D eigenvalue weighted by Gasteiger charge is -2.31. The lowest BCUT2D eigenvalue weighted by atomic mass is 9.96. The summed E-state index contributed by atoms with van der Waals surface area (Å²) in [6.07, 6.45) is 1.71. The van der Waals surface area contributed by atoms with Crippen molar-refractivity contribution in [2.24, 2.45) is 11.7 Å². The smallest absolute Gasteiger partial charge is 0.144 e. The van der Waals surface area contributed by atoms with Gasteiger partial charge in [-0.25, -0.2) is 8.78 Å². The quantitative estimate of drug-likeness (QED) is 0.671.